The first-order valence-corrected chi connectivity index (χ1v) is 9.57. The van der Waals surface area contributed by atoms with Gasteiger partial charge in [0, 0.05) is 16.3 Å². The average Bonchev–Trinajstić information content (AvgIpc) is 2.98. The van der Waals surface area contributed by atoms with E-state index in [1.54, 1.807) is 25.1 Å². The minimum Gasteiger partial charge on any atom is -0.311 e. The van der Waals surface area contributed by atoms with Crippen LogP contribution in [0.3, 0.4) is 0 Å². The zero-order chi connectivity index (χ0) is 20.4. The molecule has 0 aliphatic heterocycles. The number of nitrogens with zero attached hydrogens (tertiary/aromatic N) is 3. The number of aryl methyl sites for hydroxylation is 1. The van der Waals surface area contributed by atoms with E-state index in [1.165, 1.54) is 29.1 Å². The predicted octanol–water partition coefficient (Wildman–Crippen LogP) is 6.64. The summed E-state index contributed by atoms with van der Waals surface area (Å²) >= 11 is 30.4. The van der Waals surface area contributed by atoms with Gasteiger partial charge in [0.2, 0.25) is 0 Å². The summed E-state index contributed by atoms with van der Waals surface area (Å²) in [6, 6.07) is 9.54. The van der Waals surface area contributed by atoms with Gasteiger partial charge in [0.15, 0.2) is 5.69 Å². The highest BCUT2D eigenvalue weighted by Gasteiger charge is 2.18. The minimum atomic E-state index is -0.775. The number of hydrogen-bond donors (Lipinski definition) is 0. The quantitative estimate of drug-likeness (QED) is 0.240. The van der Waals surface area contributed by atoms with E-state index in [0.29, 0.717) is 32.0 Å². The first-order chi connectivity index (χ1) is 13.3. The van der Waals surface area contributed by atoms with E-state index in [4.69, 9.17) is 62.8 Å². The second kappa shape index (κ2) is 8.72. The molecule has 0 N–H and O–H groups in total. The molecule has 1 heterocycles. The predicted molar refractivity (Wildman–Crippen MR) is 113 cm³/mol. The Balaban J connectivity index is 1.83. The highest BCUT2D eigenvalue weighted by atomic mass is 35.5. The summed E-state index contributed by atoms with van der Waals surface area (Å²) in [4.78, 5) is 17.1. The van der Waals surface area contributed by atoms with Crippen LogP contribution in [0.2, 0.25) is 25.1 Å². The van der Waals surface area contributed by atoms with Crippen molar-refractivity contribution in [1.82, 2.24) is 9.78 Å². The van der Waals surface area contributed by atoms with Crippen LogP contribution in [0, 0.1) is 6.92 Å². The van der Waals surface area contributed by atoms with Gasteiger partial charge in [-0.25, -0.2) is 9.48 Å². The van der Waals surface area contributed by atoms with Crippen LogP contribution in [0.25, 0.3) is 5.69 Å². The topological polar surface area (TPSA) is 56.5 Å². The van der Waals surface area contributed by atoms with Crippen LogP contribution in [0.5, 0.6) is 0 Å². The number of rotatable bonds is 4. The smallest absolute Gasteiger partial charge is 0.311 e. The Morgan fingerprint density at radius 2 is 1.64 bits per heavy atom. The van der Waals surface area contributed by atoms with Gasteiger partial charge in [-0.15, -0.1) is 0 Å². The maximum atomic E-state index is 12.3. The third-order valence-corrected chi connectivity index (χ3v) is 5.06. The second-order valence-corrected chi connectivity index (χ2v) is 7.61. The number of carbonyl (C=O) groups excluding carboxylic acids is 1. The molecule has 28 heavy (non-hydrogen) atoms. The molecule has 3 rings (SSSR count). The molecule has 0 spiro atoms. The number of aromatic nitrogens is 2. The van der Waals surface area contributed by atoms with Crippen LogP contribution in [-0.2, 0) is 4.84 Å². The standard InChI is InChI=1S/C18H10Cl5N3O2/c1-9-5-16(25-26(9)17-14(22)6-10(19)7-15(17)23)18(27)28-24-8-11-12(20)3-2-4-13(11)21/h2-8H,1H3. The summed E-state index contributed by atoms with van der Waals surface area (Å²) in [7, 11) is 0. The largest absolute Gasteiger partial charge is 0.385 e. The van der Waals surface area contributed by atoms with Gasteiger partial charge in [-0.3, -0.25) is 0 Å². The van der Waals surface area contributed by atoms with Crippen molar-refractivity contribution in [2.75, 3.05) is 0 Å². The Morgan fingerprint density at radius 3 is 2.25 bits per heavy atom. The van der Waals surface area contributed by atoms with Crippen molar-refractivity contribution < 1.29 is 9.63 Å². The maximum Gasteiger partial charge on any atom is 0.385 e. The van der Waals surface area contributed by atoms with Crippen LogP contribution < -0.4 is 0 Å². The Labute approximate surface area is 185 Å². The first-order valence-electron chi connectivity index (χ1n) is 7.68. The molecule has 0 fully saturated rings. The maximum absolute atomic E-state index is 12.3. The van der Waals surface area contributed by atoms with Crippen molar-refractivity contribution in [1.29, 1.82) is 0 Å². The molecule has 0 atom stereocenters. The van der Waals surface area contributed by atoms with E-state index >= 15 is 0 Å². The molecule has 144 valence electrons. The number of carbonyl (C=O) groups is 1. The van der Waals surface area contributed by atoms with Gasteiger partial charge in [0.25, 0.3) is 0 Å². The molecule has 0 saturated carbocycles. The summed E-state index contributed by atoms with van der Waals surface area (Å²) < 4.78 is 1.42. The minimum absolute atomic E-state index is 0.0157. The number of benzene rings is 2. The van der Waals surface area contributed by atoms with Gasteiger partial charge in [-0.05, 0) is 37.3 Å². The van der Waals surface area contributed by atoms with E-state index in [-0.39, 0.29) is 15.7 Å². The Kier molecular flexibility index (Phi) is 6.53. The monoisotopic (exact) mass is 475 g/mol. The fourth-order valence-corrected chi connectivity index (χ4v) is 3.82. The summed E-state index contributed by atoms with van der Waals surface area (Å²) in [5.41, 5.74) is 1.45. The van der Waals surface area contributed by atoms with Crippen LogP contribution in [0.1, 0.15) is 21.7 Å². The molecule has 0 saturated heterocycles. The molecular formula is C18H10Cl5N3O2. The molecule has 0 amide bonds. The van der Waals surface area contributed by atoms with Crippen molar-refractivity contribution in [2.24, 2.45) is 5.16 Å². The van der Waals surface area contributed by atoms with Crippen molar-refractivity contribution in [2.45, 2.75) is 6.92 Å². The summed E-state index contributed by atoms with van der Waals surface area (Å²) in [5, 5.41) is 9.54. The van der Waals surface area contributed by atoms with Crippen LogP contribution in [0.15, 0.2) is 41.6 Å². The van der Waals surface area contributed by atoms with E-state index in [0.717, 1.165) is 0 Å². The summed E-state index contributed by atoms with van der Waals surface area (Å²) in [6.45, 7) is 1.73. The molecule has 0 aliphatic rings. The van der Waals surface area contributed by atoms with E-state index < -0.39 is 5.97 Å². The summed E-state index contributed by atoms with van der Waals surface area (Å²) in [6.07, 6.45) is 1.25. The van der Waals surface area contributed by atoms with E-state index in [2.05, 4.69) is 10.3 Å². The zero-order valence-corrected chi connectivity index (χ0v) is 17.9. The van der Waals surface area contributed by atoms with Gasteiger partial charge in [-0.2, -0.15) is 5.10 Å². The first kappa shape index (κ1) is 21.0. The Morgan fingerprint density at radius 1 is 1.04 bits per heavy atom. The molecular weight excluding hydrogens is 467 g/mol. The van der Waals surface area contributed by atoms with Crippen LogP contribution in [-0.4, -0.2) is 22.0 Å². The lowest BCUT2D eigenvalue weighted by atomic mass is 10.2. The molecule has 2 aromatic carbocycles. The molecule has 3 aromatic rings. The van der Waals surface area contributed by atoms with E-state index in [1.807, 2.05) is 0 Å². The molecule has 0 radical (unpaired) electrons. The zero-order valence-electron chi connectivity index (χ0n) is 14.1. The lowest BCUT2D eigenvalue weighted by Gasteiger charge is -2.09. The third-order valence-electron chi connectivity index (χ3n) is 3.61. The molecule has 0 unspecified atom stereocenters. The van der Waals surface area contributed by atoms with Gasteiger partial charge < -0.3 is 4.84 Å². The highest BCUT2D eigenvalue weighted by molar-refractivity contribution is 6.40. The number of halogens is 5. The van der Waals surface area contributed by atoms with Crippen molar-refractivity contribution >= 4 is 70.2 Å². The lowest BCUT2D eigenvalue weighted by molar-refractivity contribution is 0.0511. The Bertz CT molecular complexity index is 1050. The average molecular weight is 478 g/mol. The van der Waals surface area contributed by atoms with E-state index in [9.17, 15) is 4.79 Å². The molecule has 10 heteroatoms. The normalized spacial score (nSPS) is 11.2. The fourth-order valence-electron chi connectivity index (χ4n) is 2.35. The SMILES string of the molecule is Cc1cc(C(=O)ON=Cc2c(Cl)cccc2Cl)nn1-c1c(Cl)cc(Cl)cc1Cl. The van der Waals surface area contributed by atoms with Crippen molar-refractivity contribution in [3.05, 3.63) is 78.5 Å². The second-order valence-electron chi connectivity index (χ2n) is 5.55. The van der Waals surface area contributed by atoms with Gasteiger partial charge in [0.1, 0.15) is 5.69 Å². The third kappa shape index (κ3) is 4.45. The summed E-state index contributed by atoms with van der Waals surface area (Å²) in [5.74, 6) is -0.775. The highest BCUT2D eigenvalue weighted by Crippen LogP contribution is 2.32. The Hall–Kier alpha value is -1.76. The van der Waals surface area contributed by atoms with Gasteiger partial charge in [-0.1, -0.05) is 69.2 Å². The van der Waals surface area contributed by atoms with Gasteiger partial charge in [0.05, 0.1) is 26.3 Å². The molecule has 5 nitrogen and oxygen atoms in total. The molecule has 0 bridgehead atoms. The van der Waals surface area contributed by atoms with Crippen molar-refractivity contribution in [3.63, 3.8) is 0 Å². The van der Waals surface area contributed by atoms with Gasteiger partial charge >= 0.3 is 5.97 Å². The van der Waals surface area contributed by atoms with Crippen LogP contribution in [0.4, 0.5) is 0 Å². The van der Waals surface area contributed by atoms with Crippen molar-refractivity contribution in [3.8, 4) is 5.69 Å². The number of oxime groups is 1. The van der Waals surface area contributed by atoms with Crippen LogP contribution >= 0.6 is 58.0 Å². The molecule has 0 aliphatic carbocycles. The lowest BCUT2D eigenvalue weighted by Crippen LogP contribution is -2.05. The number of hydrogen-bond acceptors (Lipinski definition) is 4. The fraction of sp³-hybridized carbons (Fsp3) is 0.0556. The molecule has 1 aromatic heterocycles.